The third-order valence-corrected chi connectivity index (χ3v) is 3.15. The van der Waals surface area contributed by atoms with Crippen LogP contribution < -0.4 is 16.0 Å². The van der Waals surface area contributed by atoms with Crippen LogP contribution in [0.5, 0.6) is 0 Å². The van der Waals surface area contributed by atoms with Crippen LogP contribution in [0.15, 0.2) is 0 Å². The summed E-state index contributed by atoms with van der Waals surface area (Å²) in [5, 5.41) is 17.2. The molecule has 4 N–H and O–H groups in total. The van der Waals surface area contributed by atoms with Gasteiger partial charge >= 0.3 is 18.0 Å². The lowest BCUT2D eigenvalue weighted by atomic mass is 10.2. The molecule has 10 nitrogen and oxygen atoms in total. The topological polar surface area (TPSA) is 143 Å². The molecule has 26 heavy (non-hydrogen) atoms. The lowest BCUT2D eigenvalue weighted by Crippen LogP contribution is -2.30. The molecule has 10 heteroatoms. The molecule has 0 unspecified atom stereocenters. The van der Waals surface area contributed by atoms with Gasteiger partial charge in [0.1, 0.15) is 0 Å². The van der Waals surface area contributed by atoms with Gasteiger partial charge < -0.3 is 30.5 Å². The number of aliphatic carboxylic acids is 1. The number of aldehydes is 1. The Morgan fingerprint density at radius 1 is 0.846 bits per heavy atom. The van der Waals surface area contributed by atoms with Gasteiger partial charge in [0.2, 0.25) is 6.29 Å². The number of hydrogen-bond acceptors (Lipinski definition) is 8. The summed E-state index contributed by atoms with van der Waals surface area (Å²) in [4.78, 5) is 41.8. The summed E-state index contributed by atoms with van der Waals surface area (Å²) in [6.07, 6.45) is 2.27. The quantitative estimate of drug-likeness (QED) is 0.0883. The van der Waals surface area contributed by atoms with Crippen LogP contribution in [0, 0.1) is 0 Å². The van der Waals surface area contributed by atoms with Crippen LogP contribution in [-0.2, 0) is 23.9 Å². The summed E-state index contributed by atoms with van der Waals surface area (Å²) in [6, 6.07) is 0. The van der Waals surface area contributed by atoms with E-state index in [1.807, 2.05) is 0 Å². The van der Waals surface area contributed by atoms with Crippen molar-refractivity contribution >= 4 is 24.3 Å². The van der Waals surface area contributed by atoms with Gasteiger partial charge in [-0.05, 0) is 45.3 Å². The van der Waals surface area contributed by atoms with Gasteiger partial charge in [-0.25, -0.2) is 9.59 Å². The van der Waals surface area contributed by atoms with Crippen molar-refractivity contribution < 1.29 is 33.8 Å². The van der Waals surface area contributed by atoms with Gasteiger partial charge in [0.05, 0.1) is 6.61 Å². The largest absolute Gasteiger partial charge is 0.481 e. The number of alkyl carbamates (subject to hydrolysis) is 1. The van der Waals surface area contributed by atoms with Gasteiger partial charge in [-0.1, -0.05) is 0 Å². The highest BCUT2D eigenvalue weighted by molar-refractivity contribution is 6.22. The molecular weight excluding hydrogens is 346 g/mol. The molecule has 0 spiro atoms. The van der Waals surface area contributed by atoms with Crippen LogP contribution in [0.1, 0.15) is 32.1 Å². The number of ether oxygens (including phenoxy) is 2. The highest BCUT2D eigenvalue weighted by atomic mass is 16.6. The number of rotatable bonds is 17. The van der Waals surface area contributed by atoms with Crippen molar-refractivity contribution in [3.8, 4) is 0 Å². The average molecular weight is 375 g/mol. The molecule has 0 saturated carbocycles. The molecule has 0 fully saturated rings. The number of carbonyl (C=O) groups is 4. The Labute approximate surface area is 153 Å². The fraction of sp³-hybridized carbons (Fsp3) is 0.750. The lowest BCUT2D eigenvalue weighted by molar-refractivity contribution is -0.143. The van der Waals surface area contributed by atoms with E-state index in [-0.39, 0.29) is 12.7 Å². The van der Waals surface area contributed by atoms with Gasteiger partial charge in [0.25, 0.3) is 0 Å². The fourth-order valence-corrected chi connectivity index (χ4v) is 1.88. The smallest absolute Gasteiger partial charge is 0.415 e. The monoisotopic (exact) mass is 375 g/mol. The summed E-state index contributed by atoms with van der Waals surface area (Å²) in [6.45, 7) is 4.62. The number of amides is 1. The molecule has 0 heterocycles. The van der Waals surface area contributed by atoms with Gasteiger partial charge in [-0.2, -0.15) is 0 Å². The Morgan fingerprint density at radius 3 is 2.27 bits per heavy atom. The lowest BCUT2D eigenvalue weighted by Gasteiger charge is -2.07. The molecule has 0 rings (SSSR count). The fourth-order valence-electron chi connectivity index (χ4n) is 1.88. The molecule has 1 amide bonds. The molecule has 0 aromatic rings. The van der Waals surface area contributed by atoms with Crippen LogP contribution >= 0.6 is 0 Å². The number of hydrogen-bond donors (Lipinski definition) is 4. The van der Waals surface area contributed by atoms with E-state index in [1.165, 1.54) is 0 Å². The number of nitrogens with one attached hydrogen (secondary N) is 3. The first-order valence-corrected chi connectivity index (χ1v) is 8.72. The Morgan fingerprint density at radius 2 is 1.54 bits per heavy atom. The average Bonchev–Trinajstić information content (AvgIpc) is 2.60. The van der Waals surface area contributed by atoms with Gasteiger partial charge in [0, 0.05) is 26.1 Å². The van der Waals surface area contributed by atoms with Crippen molar-refractivity contribution in [2.24, 2.45) is 0 Å². The number of carboxylic acid groups (broad SMARTS) is 1. The zero-order chi connectivity index (χ0) is 19.5. The highest BCUT2D eigenvalue weighted by Gasteiger charge is 2.07. The molecule has 0 radical (unpaired) electrons. The molecule has 0 aliphatic carbocycles. The van der Waals surface area contributed by atoms with Crippen molar-refractivity contribution in [3.05, 3.63) is 0 Å². The molecule has 0 bridgehead atoms. The van der Waals surface area contributed by atoms with E-state index in [4.69, 9.17) is 9.84 Å². The van der Waals surface area contributed by atoms with E-state index in [0.717, 1.165) is 32.5 Å². The predicted molar refractivity (Wildman–Crippen MR) is 92.8 cm³/mol. The SMILES string of the molecule is O=CC(=O)OC(=O)NCCCNCCCOCCNCCCCC(=O)O. The van der Waals surface area contributed by atoms with Crippen LogP contribution in [-0.4, -0.2) is 75.4 Å². The third-order valence-electron chi connectivity index (χ3n) is 3.15. The summed E-state index contributed by atoms with van der Waals surface area (Å²) in [5.41, 5.74) is 0. The minimum atomic E-state index is -1.21. The van der Waals surface area contributed by atoms with Crippen LogP contribution in [0.2, 0.25) is 0 Å². The van der Waals surface area contributed by atoms with Crippen molar-refractivity contribution in [1.82, 2.24) is 16.0 Å². The minimum Gasteiger partial charge on any atom is -0.481 e. The van der Waals surface area contributed by atoms with Crippen molar-refractivity contribution in [3.63, 3.8) is 0 Å². The summed E-state index contributed by atoms with van der Waals surface area (Å²) >= 11 is 0. The van der Waals surface area contributed by atoms with Crippen molar-refractivity contribution in [2.75, 3.05) is 45.9 Å². The molecule has 0 atom stereocenters. The molecule has 0 aromatic heterocycles. The van der Waals surface area contributed by atoms with Crippen molar-refractivity contribution in [1.29, 1.82) is 0 Å². The van der Waals surface area contributed by atoms with Crippen LogP contribution in [0.4, 0.5) is 4.79 Å². The van der Waals surface area contributed by atoms with E-state index < -0.39 is 18.0 Å². The zero-order valence-corrected chi connectivity index (χ0v) is 15.0. The summed E-state index contributed by atoms with van der Waals surface area (Å²) in [5.74, 6) is -1.97. The first-order chi connectivity index (χ1) is 12.6. The molecule has 0 aliphatic rings. The molecule has 0 aromatic carbocycles. The van der Waals surface area contributed by atoms with E-state index in [9.17, 15) is 19.2 Å². The van der Waals surface area contributed by atoms with E-state index >= 15 is 0 Å². The van der Waals surface area contributed by atoms with Gasteiger partial charge in [0.15, 0.2) is 0 Å². The normalized spacial score (nSPS) is 10.3. The van der Waals surface area contributed by atoms with Crippen LogP contribution in [0.25, 0.3) is 0 Å². The van der Waals surface area contributed by atoms with E-state index in [0.29, 0.717) is 39.1 Å². The Hall–Kier alpha value is -2.04. The van der Waals surface area contributed by atoms with Gasteiger partial charge in [-0.3, -0.25) is 9.59 Å². The van der Waals surface area contributed by atoms with Gasteiger partial charge in [-0.15, -0.1) is 0 Å². The number of carboxylic acids is 1. The molecule has 0 saturated heterocycles. The second-order valence-corrected chi connectivity index (χ2v) is 5.42. The first-order valence-electron chi connectivity index (χ1n) is 8.72. The Kier molecular flexibility index (Phi) is 16.4. The second kappa shape index (κ2) is 17.8. The number of esters is 1. The Balaban J connectivity index is 3.15. The minimum absolute atomic E-state index is 0.0677. The number of unbranched alkanes of at least 4 members (excludes halogenated alkanes) is 1. The van der Waals surface area contributed by atoms with E-state index in [2.05, 4.69) is 20.7 Å². The van der Waals surface area contributed by atoms with E-state index in [1.54, 1.807) is 0 Å². The first kappa shape index (κ1) is 24.0. The maximum atomic E-state index is 11.0. The molecular formula is C16H29N3O7. The zero-order valence-electron chi connectivity index (χ0n) is 15.0. The Bertz CT molecular complexity index is 419. The maximum Gasteiger partial charge on any atom is 0.415 e. The standard InChI is InChI=1S/C16H29N3O7/c20-13-15(23)26-16(24)19-9-3-7-17-8-4-11-25-12-10-18-6-2-1-5-14(21)22/h13,17-18H,1-12H2,(H,19,24)(H,21,22). The third kappa shape index (κ3) is 18.3. The van der Waals surface area contributed by atoms with Crippen LogP contribution in [0.3, 0.4) is 0 Å². The maximum absolute atomic E-state index is 11.0. The van der Waals surface area contributed by atoms with Crippen molar-refractivity contribution in [2.45, 2.75) is 32.1 Å². The number of carbonyl (C=O) groups excluding carboxylic acids is 3. The predicted octanol–water partition coefficient (Wildman–Crippen LogP) is -0.331. The second-order valence-electron chi connectivity index (χ2n) is 5.42. The highest BCUT2D eigenvalue weighted by Crippen LogP contribution is 1.93. The molecule has 0 aliphatic heterocycles. The molecule has 150 valence electrons. The summed E-state index contributed by atoms with van der Waals surface area (Å²) < 4.78 is 9.56. The summed E-state index contributed by atoms with van der Waals surface area (Å²) in [7, 11) is 0.